The molecule has 9 heteroatoms. The number of urea groups is 1. The second-order valence-electron chi connectivity index (χ2n) is 7.27. The molecule has 3 amide bonds. The predicted molar refractivity (Wildman–Crippen MR) is 106 cm³/mol. The summed E-state index contributed by atoms with van der Waals surface area (Å²) in [6.07, 6.45) is 1.79. The summed E-state index contributed by atoms with van der Waals surface area (Å²) in [5.41, 5.74) is 0.494. The fourth-order valence-electron chi connectivity index (χ4n) is 2.98. The molecule has 2 heterocycles. The lowest BCUT2D eigenvalue weighted by Crippen LogP contribution is -2.45. The Morgan fingerprint density at radius 1 is 1.29 bits per heavy atom. The number of nitrogens with one attached hydrogen (secondary N) is 2. The van der Waals surface area contributed by atoms with Crippen LogP contribution in [0, 0.1) is 11.7 Å². The predicted octanol–water partition coefficient (Wildman–Crippen LogP) is 3.47. The number of piperidine rings is 1. The quantitative estimate of drug-likeness (QED) is 0.797. The molecule has 0 saturated carbocycles. The van der Waals surface area contributed by atoms with Gasteiger partial charge in [-0.15, -0.1) is 10.2 Å². The van der Waals surface area contributed by atoms with E-state index in [-0.39, 0.29) is 28.7 Å². The number of aromatic nitrogens is 2. The van der Waals surface area contributed by atoms with Crippen molar-refractivity contribution in [3.05, 3.63) is 40.1 Å². The van der Waals surface area contributed by atoms with Gasteiger partial charge in [0.1, 0.15) is 10.8 Å². The molecule has 1 atom stereocenters. The number of rotatable bonds is 5. The van der Waals surface area contributed by atoms with Crippen molar-refractivity contribution in [1.29, 1.82) is 0 Å². The number of carbonyl (C=O) groups is 2. The van der Waals surface area contributed by atoms with Crippen LogP contribution in [0.1, 0.15) is 47.4 Å². The second kappa shape index (κ2) is 9.09. The molecule has 0 bridgehead atoms. The topological polar surface area (TPSA) is 87.2 Å². The van der Waals surface area contributed by atoms with Crippen LogP contribution in [0.15, 0.2) is 24.3 Å². The zero-order valence-electron chi connectivity index (χ0n) is 15.9. The molecule has 1 fully saturated rings. The Bertz CT molecular complexity index is 824. The average Bonchev–Trinajstić information content (AvgIpc) is 3.18. The van der Waals surface area contributed by atoms with E-state index in [0.717, 1.165) is 24.4 Å². The van der Waals surface area contributed by atoms with Crippen molar-refractivity contribution < 1.29 is 14.0 Å². The summed E-state index contributed by atoms with van der Waals surface area (Å²) in [7, 11) is 0. The first-order valence-electron chi connectivity index (χ1n) is 9.35. The van der Waals surface area contributed by atoms with Gasteiger partial charge in [-0.25, -0.2) is 9.18 Å². The Morgan fingerprint density at radius 2 is 2.04 bits per heavy atom. The summed E-state index contributed by atoms with van der Waals surface area (Å²) >= 11 is 1.24. The first kappa shape index (κ1) is 20.2. The van der Waals surface area contributed by atoms with Gasteiger partial charge < -0.3 is 15.5 Å². The summed E-state index contributed by atoms with van der Waals surface area (Å²) < 4.78 is 13.0. The Labute approximate surface area is 167 Å². The first-order chi connectivity index (χ1) is 13.4. The summed E-state index contributed by atoms with van der Waals surface area (Å²) in [5.74, 6) is -0.272. The van der Waals surface area contributed by atoms with Crippen LogP contribution in [-0.4, -0.2) is 46.7 Å². The molecule has 28 heavy (non-hydrogen) atoms. The van der Waals surface area contributed by atoms with E-state index in [1.165, 1.54) is 35.6 Å². The maximum atomic E-state index is 13.0. The molecule has 2 aromatic rings. The van der Waals surface area contributed by atoms with E-state index < -0.39 is 0 Å². The van der Waals surface area contributed by atoms with E-state index in [9.17, 15) is 14.0 Å². The van der Waals surface area contributed by atoms with Crippen LogP contribution in [0.25, 0.3) is 0 Å². The third kappa shape index (κ3) is 5.25. The first-order valence-corrected chi connectivity index (χ1v) is 10.2. The minimum Gasteiger partial charge on any atom is -0.338 e. The largest absolute Gasteiger partial charge is 0.338 e. The van der Waals surface area contributed by atoms with Gasteiger partial charge >= 0.3 is 6.03 Å². The molecular weight excluding hydrogens is 381 g/mol. The number of hydrogen-bond acceptors (Lipinski definition) is 5. The average molecular weight is 405 g/mol. The van der Waals surface area contributed by atoms with E-state index >= 15 is 0 Å². The number of amides is 3. The molecule has 7 nitrogen and oxygen atoms in total. The van der Waals surface area contributed by atoms with Crippen molar-refractivity contribution >= 4 is 29.0 Å². The van der Waals surface area contributed by atoms with Crippen molar-refractivity contribution in [3.63, 3.8) is 0 Å². The Kier molecular flexibility index (Phi) is 6.56. The number of likely N-dealkylation sites (tertiary alicyclic amines) is 1. The van der Waals surface area contributed by atoms with Crippen LogP contribution < -0.4 is 10.6 Å². The molecule has 1 aliphatic rings. The summed E-state index contributed by atoms with van der Waals surface area (Å²) in [6.45, 7) is 6.04. The number of anilines is 1. The summed E-state index contributed by atoms with van der Waals surface area (Å²) in [5, 5.41) is 14.8. The normalized spacial score (nSPS) is 16.9. The van der Waals surface area contributed by atoms with Gasteiger partial charge in [0.2, 0.25) is 5.01 Å². The molecule has 0 aliphatic carbocycles. The highest BCUT2D eigenvalue weighted by Gasteiger charge is 2.28. The van der Waals surface area contributed by atoms with Crippen molar-refractivity contribution in [2.45, 2.75) is 32.6 Å². The molecular formula is C19H24FN5O2S. The molecule has 0 unspecified atom stereocenters. The fraction of sp³-hybridized carbons (Fsp3) is 0.474. The van der Waals surface area contributed by atoms with E-state index in [1.54, 1.807) is 4.90 Å². The van der Waals surface area contributed by atoms with Crippen molar-refractivity contribution in [2.24, 2.45) is 5.92 Å². The third-order valence-corrected chi connectivity index (χ3v) is 5.54. The highest BCUT2D eigenvalue weighted by atomic mass is 32.1. The van der Waals surface area contributed by atoms with Crippen LogP contribution >= 0.6 is 11.3 Å². The van der Waals surface area contributed by atoms with Gasteiger partial charge in [-0.2, -0.15) is 0 Å². The summed E-state index contributed by atoms with van der Waals surface area (Å²) in [4.78, 5) is 26.5. The zero-order valence-corrected chi connectivity index (χ0v) is 16.8. The standard InChI is InChI=1S/C19H24FN5O2S/c1-12(2)10-21-19(27)25-9-3-4-13(11-25)17-23-24-18(28-17)16(26)22-15-7-5-14(20)6-8-15/h5-8,12-13H,3-4,9-11H2,1-2H3,(H,21,27)(H,22,26)/t13-/m1/s1. The number of halogens is 1. The molecule has 2 N–H and O–H groups in total. The van der Waals surface area contributed by atoms with E-state index in [4.69, 9.17) is 0 Å². The zero-order chi connectivity index (χ0) is 20.1. The number of hydrogen-bond donors (Lipinski definition) is 2. The lowest BCUT2D eigenvalue weighted by atomic mass is 9.99. The second-order valence-corrected chi connectivity index (χ2v) is 8.28. The van der Waals surface area contributed by atoms with Crippen LogP contribution in [0.4, 0.5) is 14.9 Å². The Hall–Kier alpha value is -2.55. The van der Waals surface area contributed by atoms with Crippen molar-refractivity contribution in [2.75, 3.05) is 25.0 Å². The Morgan fingerprint density at radius 3 is 2.75 bits per heavy atom. The van der Waals surface area contributed by atoms with Gasteiger partial charge in [-0.1, -0.05) is 25.2 Å². The van der Waals surface area contributed by atoms with E-state index in [2.05, 4.69) is 34.7 Å². The van der Waals surface area contributed by atoms with Gasteiger partial charge in [-0.3, -0.25) is 4.79 Å². The third-order valence-electron chi connectivity index (χ3n) is 4.46. The van der Waals surface area contributed by atoms with E-state index in [0.29, 0.717) is 24.7 Å². The summed E-state index contributed by atoms with van der Waals surface area (Å²) in [6, 6.07) is 5.48. The van der Waals surface area contributed by atoms with Crippen LogP contribution in [-0.2, 0) is 0 Å². The minimum atomic E-state index is -0.377. The van der Waals surface area contributed by atoms with Crippen LogP contribution in [0.2, 0.25) is 0 Å². The lowest BCUT2D eigenvalue weighted by molar-refractivity contribution is 0.102. The molecule has 150 valence electrons. The molecule has 3 rings (SSSR count). The SMILES string of the molecule is CC(C)CNC(=O)N1CCC[C@@H](c2nnc(C(=O)Nc3ccc(F)cc3)s2)C1. The highest BCUT2D eigenvalue weighted by Crippen LogP contribution is 2.29. The van der Waals surface area contributed by atoms with Crippen molar-refractivity contribution in [1.82, 2.24) is 20.4 Å². The monoisotopic (exact) mass is 405 g/mol. The molecule has 0 spiro atoms. The smallest absolute Gasteiger partial charge is 0.317 e. The maximum absolute atomic E-state index is 13.0. The maximum Gasteiger partial charge on any atom is 0.317 e. The lowest BCUT2D eigenvalue weighted by Gasteiger charge is -2.31. The Balaban J connectivity index is 1.60. The molecule has 1 saturated heterocycles. The minimum absolute atomic E-state index is 0.0582. The van der Waals surface area contributed by atoms with Crippen LogP contribution in [0.3, 0.4) is 0 Å². The van der Waals surface area contributed by atoms with Gasteiger partial charge in [0.25, 0.3) is 5.91 Å². The molecule has 1 aromatic heterocycles. The molecule has 1 aromatic carbocycles. The number of benzene rings is 1. The van der Waals surface area contributed by atoms with Crippen LogP contribution in [0.5, 0.6) is 0 Å². The van der Waals surface area contributed by atoms with Crippen molar-refractivity contribution in [3.8, 4) is 0 Å². The number of nitrogens with zero attached hydrogens (tertiary/aromatic N) is 3. The number of carbonyl (C=O) groups excluding carboxylic acids is 2. The molecule has 1 aliphatic heterocycles. The van der Waals surface area contributed by atoms with Gasteiger partial charge in [0.15, 0.2) is 0 Å². The van der Waals surface area contributed by atoms with Gasteiger partial charge in [-0.05, 0) is 43.0 Å². The molecule has 0 radical (unpaired) electrons. The van der Waals surface area contributed by atoms with E-state index in [1.807, 2.05) is 0 Å². The van der Waals surface area contributed by atoms with Gasteiger partial charge in [0, 0.05) is 31.2 Å². The highest BCUT2D eigenvalue weighted by molar-refractivity contribution is 7.13. The van der Waals surface area contributed by atoms with Gasteiger partial charge in [0.05, 0.1) is 0 Å². The fourth-order valence-corrected chi connectivity index (χ4v) is 3.84.